The standard InChI is InChI=1S/C13H14N2O4S/c1-6-4-5-9(20-6)11-10(13(16)17)7(2)14-8(3)12(11)15(18)19/h4-5,11-12H,1-3H3,(H,16,17). The molecular formula is C13H14N2O4S. The van der Waals surface area contributed by atoms with E-state index in [-0.39, 0.29) is 5.57 Å². The lowest BCUT2D eigenvalue weighted by Gasteiger charge is -2.25. The molecule has 0 fully saturated rings. The molecule has 1 aromatic heterocycles. The van der Waals surface area contributed by atoms with Gasteiger partial charge in [-0.25, -0.2) is 4.79 Å². The third-order valence-electron chi connectivity index (χ3n) is 3.31. The second-order valence-corrected chi connectivity index (χ2v) is 6.03. The monoisotopic (exact) mass is 294 g/mol. The molecule has 6 nitrogen and oxygen atoms in total. The number of allylic oxidation sites excluding steroid dienone is 1. The smallest absolute Gasteiger partial charge is 0.334 e. The number of aliphatic carboxylic acids is 1. The Morgan fingerprint density at radius 1 is 1.40 bits per heavy atom. The Labute approximate surface area is 119 Å². The first-order valence-electron chi connectivity index (χ1n) is 6.02. The lowest BCUT2D eigenvalue weighted by Crippen LogP contribution is -2.39. The van der Waals surface area contributed by atoms with Gasteiger partial charge in [0.2, 0.25) is 0 Å². The average Bonchev–Trinajstić information content (AvgIpc) is 2.73. The highest BCUT2D eigenvalue weighted by Crippen LogP contribution is 2.39. The number of aryl methyl sites for hydroxylation is 1. The molecule has 1 aliphatic heterocycles. The van der Waals surface area contributed by atoms with Crippen molar-refractivity contribution in [3.8, 4) is 0 Å². The Bertz CT molecular complexity index is 645. The van der Waals surface area contributed by atoms with Crippen LogP contribution in [0.1, 0.15) is 29.5 Å². The highest BCUT2D eigenvalue weighted by molar-refractivity contribution is 7.12. The summed E-state index contributed by atoms with van der Waals surface area (Å²) >= 11 is 1.38. The molecule has 0 aromatic carbocycles. The van der Waals surface area contributed by atoms with E-state index in [1.807, 2.05) is 13.0 Å². The van der Waals surface area contributed by atoms with Crippen molar-refractivity contribution in [1.29, 1.82) is 0 Å². The van der Waals surface area contributed by atoms with Gasteiger partial charge < -0.3 is 5.11 Å². The molecule has 2 heterocycles. The maximum atomic E-state index is 11.5. The number of aliphatic imine (C=N–C) groups is 1. The highest BCUT2D eigenvalue weighted by Gasteiger charge is 2.44. The number of carboxylic acids is 1. The zero-order chi connectivity index (χ0) is 15.0. The second kappa shape index (κ2) is 5.16. The van der Waals surface area contributed by atoms with Crippen molar-refractivity contribution in [2.75, 3.05) is 0 Å². The Morgan fingerprint density at radius 3 is 2.50 bits per heavy atom. The minimum atomic E-state index is -1.15. The molecule has 1 aliphatic rings. The summed E-state index contributed by atoms with van der Waals surface area (Å²) in [5, 5.41) is 20.7. The van der Waals surface area contributed by atoms with Crippen molar-refractivity contribution >= 4 is 23.0 Å². The van der Waals surface area contributed by atoms with Crippen molar-refractivity contribution in [2.45, 2.75) is 32.7 Å². The SMILES string of the molecule is CC1=NC(C)=C(C(=O)O)C(c2ccc(C)s2)C1[N+](=O)[O-]. The topological polar surface area (TPSA) is 92.8 Å². The van der Waals surface area contributed by atoms with Gasteiger partial charge in [0.1, 0.15) is 5.92 Å². The predicted molar refractivity (Wildman–Crippen MR) is 76.0 cm³/mol. The first-order chi connectivity index (χ1) is 9.32. The molecule has 20 heavy (non-hydrogen) atoms. The highest BCUT2D eigenvalue weighted by atomic mass is 32.1. The molecule has 2 unspecified atom stereocenters. The molecule has 0 saturated carbocycles. The molecule has 0 spiro atoms. The van der Waals surface area contributed by atoms with Crippen LogP contribution in [0.4, 0.5) is 0 Å². The third-order valence-corrected chi connectivity index (χ3v) is 4.40. The van der Waals surface area contributed by atoms with Crippen LogP contribution in [0.15, 0.2) is 28.4 Å². The van der Waals surface area contributed by atoms with Gasteiger partial charge >= 0.3 is 5.97 Å². The maximum absolute atomic E-state index is 11.5. The van der Waals surface area contributed by atoms with Crippen LogP contribution in [0, 0.1) is 17.0 Å². The molecule has 0 bridgehead atoms. The minimum Gasteiger partial charge on any atom is -0.478 e. The van der Waals surface area contributed by atoms with Crippen LogP contribution in [-0.2, 0) is 4.79 Å². The van der Waals surface area contributed by atoms with E-state index in [9.17, 15) is 20.0 Å². The molecule has 7 heteroatoms. The molecule has 0 amide bonds. The minimum absolute atomic E-state index is 0.0131. The largest absolute Gasteiger partial charge is 0.478 e. The van der Waals surface area contributed by atoms with Crippen LogP contribution in [0.3, 0.4) is 0 Å². The van der Waals surface area contributed by atoms with Crippen LogP contribution in [0.5, 0.6) is 0 Å². The van der Waals surface area contributed by atoms with Gasteiger partial charge in [-0.15, -0.1) is 11.3 Å². The number of nitrogens with zero attached hydrogens (tertiary/aromatic N) is 2. The van der Waals surface area contributed by atoms with Crippen molar-refractivity contribution < 1.29 is 14.8 Å². The quantitative estimate of drug-likeness (QED) is 0.685. The number of hydrogen-bond donors (Lipinski definition) is 1. The summed E-state index contributed by atoms with van der Waals surface area (Å²) < 4.78 is 0. The lowest BCUT2D eigenvalue weighted by atomic mass is 9.84. The van der Waals surface area contributed by atoms with E-state index in [0.717, 1.165) is 4.88 Å². The Hall–Kier alpha value is -2.02. The number of hydrogen-bond acceptors (Lipinski definition) is 5. The van der Waals surface area contributed by atoms with Gasteiger partial charge in [-0.2, -0.15) is 0 Å². The molecule has 2 rings (SSSR count). The van der Waals surface area contributed by atoms with E-state index in [4.69, 9.17) is 0 Å². The summed E-state index contributed by atoms with van der Waals surface area (Å²) in [7, 11) is 0. The summed E-state index contributed by atoms with van der Waals surface area (Å²) in [6, 6.07) is 2.48. The lowest BCUT2D eigenvalue weighted by molar-refractivity contribution is -0.505. The van der Waals surface area contributed by atoms with Gasteiger partial charge in [0.05, 0.1) is 11.3 Å². The molecule has 1 N–H and O–H groups in total. The van der Waals surface area contributed by atoms with Gasteiger partial charge in [0.15, 0.2) is 0 Å². The van der Waals surface area contributed by atoms with Gasteiger partial charge in [0, 0.05) is 20.4 Å². The maximum Gasteiger partial charge on any atom is 0.334 e. The predicted octanol–water partition coefficient (Wildman–Crippen LogP) is 2.62. The first kappa shape index (κ1) is 14.4. The van der Waals surface area contributed by atoms with E-state index in [1.165, 1.54) is 11.3 Å². The Balaban J connectivity index is 2.64. The molecular weight excluding hydrogens is 280 g/mol. The number of rotatable bonds is 3. The third kappa shape index (κ3) is 2.36. The van der Waals surface area contributed by atoms with Crippen LogP contribution >= 0.6 is 11.3 Å². The van der Waals surface area contributed by atoms with Crippen LogP contribution < -0.4 is 0 Å². The molecule has 0 saturated heterocycles. The number of carboxylic acid groups (broad SMARTS) is 1. The van der Waals surface area contributed by atoms with Gasteiger partial charge in [-0.1, -0.05) is 0 Å². The van der Waals surface area contributed by atoms with Crippen molar-refractivity contribution in [1.82, 2.24) is 0 Å². The first-order valence-corrected chi connectivity index (χ1v) is 6.83. The van der Waals surface area contributed by atoms with E-state index >= 15 is 0 Å². The molecule has 0 aliphatic carbocycles. The fourth-order valence-corrected chi connectivity index (χ4v) is 3.51. The van der Waals surface area contributed by atoms with Crippen molar-refractivity contribution in [2.24, 2.45) is 4.99 Å². The Kier molecular flexibility index (Phi) is 3.71. The van der Waals surface area contributed by atoms with Crippen molar-refractivity contribution in [3.05, 3.63) is 43.3 Å². The normalized spacial score (nSPS) is 22.6. The molecule has 0 radical (unpaired) electrons. The number of thiophene rings is 1. The molecule has 1 aromatic rings. The zero-order valence-electron chi connectivity index (χ0n) is 11.3. The van der Waals surface area contributed by atoms with Gasteiger partial charge in [-0.3, -0.25) is 15.1 Å². The van der Waals surface area contributed by atoms with Crippen LogP contribution in [-0.4, -0.2) is 27.8 Å². The summed E-state index contributed by atoms with van der Waals surface area (Å²) in [5.41, 5.74) is 0.692. The average molecular weight is 294 g/mol. The number of carbonyl (C=O) groups is 1. The van der Waals surface area contributed by atoms with E-state index < -0.39 is 22.9 Å². The van der Waals surface area contributed by atoms with Crippen molar-refractivity contribution in [3.63, 3.8) is 0 Å². The fourth-order valence-electron chi connectivity index (χ4n) is 2.50. The fraction of sp³-hybridized carbons (Fsp3) is 0.385. The zero-order valence-corrected chi connectivity index (χ0v) is 12.1. The van der Waals surface area contributed by atoms with Crippen LogP contribution in [0.2, 0.25) is 0 Å². The molecule has 2 atom stereocenters. The van der Waals surface area contributed by atoms with Gasteiger partial charge in [0.25, 0.3) is 6.04 Å². The van der Waals surface area contributed by atoms with E-state index in [1.54, 1.807) is 19.9 Å². The van der Waals surface area contributed by atoms with E-state index in [0.29, 0.717) is 16.3 Å². The number of nitro groups is 1. The molecule has 106 valence electrons. The summed E-state index contributed by atoms with van der Waals surface area (Å²) in [6.07, 6.45) is 0. The van der Waals surface area contributed by atoms with E-state index in [2.05, 4.69) is 4.99 Å². The summed E-state index contributed by atoms with van der Waals surface area (Å²) in [5.74, 6) is -1.93. The van der Waals surface area contributed by atoms with Crippen LogP contribution in [0.25, 0.3) is 0 Å². The summed E-state index contributed by atoms with van der Waals surface area (Å²) in [6.45, 7) is 5.04. The van der Waals surface area contributed by atoms with Gasteiger partial charge in [-0.05, 0) is 32.9 Å². The second-order valence-electron chi connectivity index (χ2n) is 4.71. The summed E-state index contributed by atoms with van der Waals surface area (Å²) in [4.78, 5) is 28.1. The Morgan fingerprint density at radius 2 is 2.05 bits per heavy atom.